The molecule has 2 aromatic rings. The van der Waals surface area contributed by atoms with Gasteiger partial charge < -0.3 is 5.32 Å². The van der Waals surface area contributed by atoms with Crippen LogP contribution in [0.4, 0.5) is 5.69 Å². The summed E-state index contributed by atoms with van der Waals surface area (Å²) in [4.78, 5) is 26.8. The lowest BCUT2D eigenvalue weighted by Gasteiger charge is -2.14. The lowest BCUT2D eigenvalue weighted by Crippen LogP contribution is -2.31. The van der Waals surface area contributed by atoms with Gasteiger partial charge in [0.05, 0.1) is 15.6 Å². The lowest BCUT2D eigenvalue weighted by atomic mass is 10.2. The zero-order chi connectivity index (χ0) is 19.4. The van der Waals surface area contributed by atoms with E-state index in [1.165, 1.54) is 16.7 Å². The van der Waals surface area contributed by atoms with E-state index >= 15 is 0 Å². The Morgan fingerprint density at radius 2 is 2.04 bits per heavy atom. The topological polar surface area (TPSA) is 49.4 Å². The third-order valence-electron chi connectivity index (χ3n) is 3.73. The van der Waals surface area contributed by atoms with Gasteiger partial charge in [0.2, 0.25) is 5.91 Å². The van der Waals surface area contributed by atoms with E-state index in [1.54, 1.807) is 30.3 Å². The van der Waals surface area contributed by atoms with Crippen LogP contribution in [-0.4, -0.2) is 27.6 Å². The third kappa shape index (κ3) is 5.19. The summed E-state index contributed by atoms with van der Waals surface area (Å²) in [6, 6.07) is 14.6. The number of thioether (sulfide) groups is 1. The van der Waals surface area contributed by atoms with E-state index in [1.807, 2.05) is 24.3 Å². The molecule has 138 valence electrons. The average molecular weight is 482 g/mol. The number of halogens is 2. The summed E-state index contributed by atoms with van der Waals surface area (Å²) in [5, 5.41) is 3.21. The van der Waals surface area contributed by atoms with Crippen molar-refractivity contribution in [3.63, 3.8) is 0 Å². The minimum absolute atomic E-state index is 0.127. The monoisotopic (exact) mass is 480 g/mol. The predicted octanol–water partition coefficient (Wildman–Crippen LogP) is 5.33. The molecular formula is C19H14BrClN2O2S2. The molecule has 0 aromatic heterocycles. The van der Waals surface area contributed by atoms with E-state index < -0.39 is 0 Å². The quantitative estimate of drug-likeness (QED) is 0.463. The Kier molecular flexibility index (Phi) is 6.70. The highest BCUT2D eigenvalue weighted by atomic mass is 79.9. The predicted molar refractivity (Wildman–Crippen MR) is 119 cm³/mol. The van der Waals surface area contributed by atoms with Gasteiger partial charge in [-0.15, -0.1) is 0 Å². The smallest absolute Gasteiger partial charge is 0.266 e. The zero-order valence-corrected chi connectivity index (χ0v) is 17.9. The summed E-state index contributed by atoms with van der Waals surface area (Å²) in [5.41, 5.74) is 1.45. The molecular weight excluding hydrogens is 468 g/mol. The molecule has 1 N–H and O–H groups in total. The molecule has 0 atom stereocenters. The van der Waals surface area contributed by atoms with Crippen molar-refractivity contribution in [3.8, 4) is 0 Å². The molecule has 0 aliphatic carbocycles. The molecule has 1 aliphatic rings. The lowest BCUT2D eigenvalue weighted by molar-refractivity contribution is -0.122. The standard InChI is InChI=1S/C19H14BrClN2O2S2/c20-13-5-3-4-12(10-13)11-16-18(25)23(19(26)27-16)9-8-17(24)22-15-7-2-1-6-14(15)21/h1-7,10-11H,8-9H2,(H,22,24)/b16-11-. The first-order valence-corrected chi connectivity index (χ1v) is 10.4. The van der Waals surface area contributed by atoms with Crippen molar-refractivity contribution in [2.75, 3.05) is 11.9 Å². The Morgan fingerprint density at radius 1 is 1.26 bits per heavy atom. The Balaban J connectivity index is 1.62. The van der Waals surface area contributed by atoms with E-state index in [0.29, 0.717) is 19.9 Å². The zero-order valence-electron chi connectivity index (χ0n) is 13.9. The van der Waals surface area contributed by atoms with Gasteiger partial charge in [0.1, 0.15) is 4.32 Å². The summed E-state index contributed by atoms with van der Waals surface area (Å²) in [7, 11) is 0. The largest absolute Gasteiger partial charge is 0.325 e. The highest BCUT2D eigenvalue weighted by molar-refractivity contribution is 9.10. The molecule has 4 nitrogen and oxygen atoms in total. The van der Waals surface area contributed by atoms with Crippen molar-refractivity contribution >= 4 is 79.4 Å². The number of nitrogens with one attached hydrogen (secondary N) is 1. The van der Waals surface area contributed by atoms with Crippen molar-refractivity contribution in [3.05, 3.63) is 68.5 Å². The molecule has 1 aliphatic heterocycles. The maximum atomic E-state index is 12.6. The number of hydrogen-bond acceptors (Lipinski definition) is 4. The fraction of sp³-hybridized carbons (Fsp3) is 0.105. The minimum atomic E-state index is -0.229. The number of thiocarbonyl (C=S) groups is 1. The van der Waals surface area contributed by atoms with Gasteiger partial charge >= 0.3 is 0 Å². The highest BCUT2D eigenvalue weighted by Crippen LogP contribution is 2.33. The van der Waals surface area contributed by atoms with Crippen LogP contribution < -0.4 is 5.32 Å². The van der Waals surface area contributed by atoms with Gasteiger partial charge in [-0.3, -0.25) is 14.5 Å². The molecule has 1 fully saturated rings. The molecule has 2 aromatic carbocycles. The molecule has 0 unspecified atom stereocenters. The Hall–Kier alpha value is -1.67. The number of amides is 2. The van der Waals surface area contributed by atoms with Gasteiger partial charge in [-0.25, -0.2) is 0 Å². The molecule has 0 radical (unpaired) electrons. The van der Waals surface area contributed by atoms with Crippen LogP contribution in [0.2, 0.25) is 5.02 Å². The van der Waals surface area contributed by atoms with E-state index in [4.69, 9.17) is 23.8 Å². The minimum Gasteiger partial charge on any atom is -0.325 e. The van der Waals surface area contributed by atoms with Gasteiger partial charge in [0.15, 0.2) is 0 Å². The molecule has 0 saturated carbocycles. The Labute approximate surface area is 180 Å². The summed E-state index contributed by atoms with van der Waals surface area (Å²) >= 11 is 16.0. The highest BCUT2D eigenvalue weighted by Gasteiger charge is 2.32. The second-order valence-electron chi connectivity index (χ2n) is 5.67. The van der Waals surface area contributed by atoms with Gasteiger partial charge in [-0.2, -0.15) is 0 Å². The number of anilines is 1. The van der Waals surface area contributed by atoms with Crippen LogP contribution in [0.1, 0.15) is 12.0 Å². The molecule has 1 heterocycles. The van der Waals surface area contributed by atoms with E-state index in [9.17, 15) is 9.59 Å². The van der Waals surface area contributed by atoms with Crippen LogP contribution in [0, 0.1) is 0 Å². The van der Waals surface area contributed by atoms with Crippen molar-refractivity contribution in [2.24, 2.45) is 0 Å². The van der Waals surface area contributed by atoms with Crippen LogP contribution in [0.5, 0.6) is 0 Å². The Bertz CT molecular complexity index is 949. The second-order valence-corrected chi connectivity index (χ2v) is 8.67. The first-order valence-electron chi connectivity index (χ1n) is 7.99. The van der Waals surface area contributed by atoms with E-state index in [-0.39, 0.29) is 24.8 Å². The number of nitrogens with zero attached hydrogens (tertiary/aromatic N) is 1. The van der Waals surface area contributed by atoms with E-state index in [0.717, 1.165) is 10.0 Å². The first-order chi connectivity index (χ1) is 12.9. The Morgan fingerprint density at radius 3 is 2.78 bits per heavy atom. The first kappa shape index (κ1) is 20.1. The molecule has 1 saturated heterocycles. The number of benzene rings is 2. The molecule has 3 rings (SSSR count). The maximum absolute atomic E-state index is 12.6. The van der Waals surface area contributed by atoms with Crippen LogP contribution in [0.3, 0.4) is 0 Å². The van der Waals surface area contributed by atoms with Crippen molar-refractivity contribution in [1.29, 1.82) is 0 Å². The normalized spacial score (nSPS) is 15.5. The van der Waals surface area contributed by atoms with Gasteiger partial charge in [-0.1, -0.05) is 75.8 Å². The van der Waals surface area contributed by atoms with Gasteiger partial charge in [-0.05, 0) is 35.9 Å². The summed E-state index contributed by atoms with van der Waals surface area (Å²) < 4.78 is 1.38. The van der Waals surface area contributed by atoms with E-state index in [2.05, 4.69) is 21.2 Å². The maximum Gasteiger partial charge on any atom is 0.266 e. The van der Waals surface area contributed by atoms with Crippen LogP contribution in [-0.2, 0) is 9.59 Å². The summed E-state index contributed by atoms with van der Waals surface area (Å²) in [6.45, 7) is 0.219. The number of hydrogen-bond donors (Lipinski definition) is 1. The fourth-order valence-electron chi connectivity index (χ4n) is 2.43. The summed E-state index contributed by atoms with van der Waals surface area (Å²) in [6.07, 6.45) is 1.93. The molecule has 8 heteroatoms. The molecule has 2 amide bonds. The van der Waals surface area contributed by atoms with Gasteiger partial charge in [0, 0.05) is 17.4 Å². The van der Waals surface area contributed by atoms with Crippen LogP contribution in [0.15, 0.2) is 57.9 Å². The number of carbonyl (C=O) groups excluding carboxylic acids is 2. The number of rotatable bonds is 5. The SMILES string of the molecule is O=C(CCN1C(=O)/C(=C/c2cccc(Br)c2)SC1=S)Nc1ccccc1Cl. The molecule has 27 heavy (non-hydrogen) atoms. The summed E-state index contributed by atoms with van der Waals surface area (Å²) in [5.74, 6) is -0.413. The number of carbonyl (C=O) groups is 2. The van der Waals surface area contributed by atoms with Crippen LogP contribution >= 0.6 is 51.5 Å². The second kappa shape index (κ2) is 9.01. The number of para-hydroxylation sites is 1. The molecule has 0 bridgehead atoms. The molecule has 0 spiro atoms. The fourth-order valence-corrected chi connectivity index (χ4v) is 4.34. The average Bonchev–Trinajstić information content (AvgIpc) is 2.88. The third-order valence-corrected chi connectivity index (χ3v) is 5.93. The van der Waals surface area contributed by atoms with Crippen LogP contribution in [0.25, 0.3) is 6.08 Å². The van der Waals surface area contributed by atoms with Crippen molar-refractivity contribution < 1.29 is 9.59 Å². The van der Waals surface area contributed by atoms with Gasteiger partial charge in [0.25, 0.3) is 5.91 Å². The van der Waals surface area contributed by atoms with Crippen molar-refractivity contribution in [2.45, 2.75) is 6.42 Å². The van der Waals surface area contributed by atoms with Crippen molar-refractivity contribution in [1.82, 2.24) is 4.90 Å².